The summed E-state index contributed by atoms with van der Waals surface area (Å²) in [5.41, 5.74) is 4.76. The zero-order chi connectivity index (χ0) is 20.9. The average Bonchev–Trinajstić information content (AvgIpc) is 3.34. The van der Waals surface area contributed by atoms with Crippen LogP contribution in [-0.2, 0) is 0 Å². The summed E-state index contributed by atoms with van der Waals surface area (Å²) in [7, 11) is 0. The Bertz CT molecular complexity index is 1220. The first-order chi connectivity index (χ1) is 14.5. The third-order valence-electron chi connectivity index (χ3n) is 5.84. The number of fused-ring (bicyclic) bond motifs is 1. The minimum absolute atomic E-state index is 0.134. The van der Waals surface area contributed by atoms with Crippen molar-refractivity contribution in [2.75, 3.05) is 0 Å². The molecule has 0 radical (unpaired) electrons. The molecule has 6 nitrogen and oxygen atoms in total. The Hall–Kier alpha value is -3.54. The molecule has 150 valence electrons. The maximum atomic E-state index is 13.1. The molecular weight excluding hydrogens is 374 g/mol. The molecule has 2 aromatic heterocycles. The third kappa shape index (κ3) is 2.87. The molecule has 6 heteroatoms. The summed E-state index contributed by atoms with van der Waals surface area (Å²) in [4.78, 5) is 13.1. The monoisotopic (exact) mass is 397 g/mol. The van der Waals surface area contributed by atoms with E-state index in [1.165, 1.54) is 0 Å². The topological polar surface area (TPSA) is 65.6 Å². The van der Waals surface area contributed by atoms with Gasteiger partial charge in [0.2, 0.25) is 0 Å². The van der Waals surface area contributed by atoms with Crippen molar-refractivity contribution in [2.24, 2.45) is 5.41 Å². The molecule has 1 atom stereocenters. The van der Waals surface area contributed by atoms with Crippen molar-refractivity contribution in [1.29, 1.82) is 0 Å². The van der Waals surface area contributed by atoms with Crippen molar-refractivity contribution in [1.82, 2.24) is 24.8 Å². The van der Waals surface area contributed by atoms with Crippen LogP contribution in [0.3, 0.4) is 0 Å². The van der Waals surface area contributed by atoms with Gasteiger partial charge in [-0.15, -0.1) is 5.10 Å². The van der Waals surface area contributed by atoms with E-state index in [2.05, 4.69) is 24.2 Å². The number of aryl methyl sites for hydroxylation is 1. The van der Waals surface area contributed by atoms with Crippen LogP contribution in [0.15, 0.2) is 66.9 Å². The van der Waals surface area contributed by atoms with Gasteiger partial charge in [-0.2, -0.15) is 5.10 Å². The lowest BCUT2D eigenvalue weighted by Crippen LogP contribution is -2.37. The Kier molecular flexibility index (Phi) is 4.17. The highest BCUT2D eigenvalue weighted by Crippen LogP contribution is 2.47. The second kappa shape index (κ2) is 6.76. The molecule has 0 saturated carbocycles. The lowest BCUT2D eigenvalue weighted by atomic mass is 9.71. The van der Waals surface area contributed by atoms with E-state index in [1.807, 2.05) is 83.1 Å². The SMILES string of the molecule is Cc1nn(-c2ccccc2)c2c1C(=O)CC(C)(C)[C@@H]2n1cc(-c2ccccc2)nn1. The van der Waals surface area contributed by atoms with Crippen molar-refractivity contribution < 1.29 is 4.79 Å². The standard InChI is InChI=1S/C24H23N5O/c1-16-21-20(30)14-24(2,3)23(22(21)29(26-16)18-12-8-5-9-13-18)28-15-19(25-27-28)17-10-6-4-7-11-17/h4-13,15,23H,14H2,1-3H3/t23-/m1/s1. The van der Waals surface area contributed by atoms with Crippen molar-refractivity contribution in [2.45, 2.75) is 33.2 Å². The highest BCUT2D eigenvalue weighted by atomic mass is 16.1. The van der Waals surface area contributed by atoms with E-state index in [9.17, 15) is 4.79 Å². The van der Waals surface area contributed by atoms with E-state index in [-0.39, 0.29) is 17.2 Å². The van der Waals surface area contributed by atoms with Crippen molar-refractivity contribution in [3.63, 3.8) is 0 Å². The number of para-hydroxylation sites is 1. The second-order valence-corrected chi connectivity index (χ2v) is 8.53. The van der Waals surface area contributed by atoms with Gasteiger partial charge in [-0.05, 0) is 19.1 Å². The third-order valence-corrected chi connectivity index (χ3v) is 5.84. The molecule has 30 heavy (non-hydrogen) atoms. The molecule has 1 aliphatic rings. The summed E-state index contributed by atoms with van der Waals surface area (Å²) in [5.74, 6) is 0.134. The number of carbonyl (C=O) groups is 1. The molecule has 4 aromatic rings. The molecule has 0 fully saturated rings. The van der Waals surface area contributed by atoms with Gasteiger partial charge in [-0.25, -0.2) is 9.36 Å². The number of nitrogens with zero attached hydrogens (tertiary/aromatic N) is 5. The number of ketones is 1. The minimum Gasteiger partial charge on any atom is -0.294 e. The Labute approximate surface area is 175 Å². The second-order valence-electron chi connectivity index (χ2n) is 8.53. The van der Waals surface area contributed by atoms with Gasteiger partial charge in [-0.3, -0.25) is 4.79 Å². The molecule has 0 saturated heterocycles. The summed E-state index contributed by atoms with van der Waals surface area (Å²) < 4.78 is 3.80. The number of aromatic nitrogens is 5. The Morgan fingerprint density at radius 2 is 1.67 bits per heavy atom. The molecule has 0 spiro atoms. The lowest BCUT2D eigenvalue weighted by molar-refractivity contribution is 0.0854. The number of rotatable bonds is 3. The van der Waals surface area contributed by atoms with Crippen LogP contribution >= 0.6 is 0 Å². The number of carbonyl (C=O) groups excluding carboxylic acids is 1. The largest absolute Gasteiger partial charge is 0.294 e. The average molecular weight is 397 g/mol. The molecule has 0 amide bonds. The number of Topliss-reactive ketones (excluding diaryl/α,β-unsaturated/α-hetero) is 1. The zero-order valence-electron chi connectivity index (χ0n) is 17.3. The molecular formula is C24H23N5O. The fourth-order valence-corrected chi connectivity index (χ4v) is 4.50. The first kappa shape index (κ1) is 18.5. The summed E-state index contributed by atoms with van der Waals surface area (Å²) >= 11 is 0. The van der Waals surface area contributed by atoms with Gasteiger partial charge < -0.3 is 0 Å². The van der Waals surface area contributed by atoms with Crippen LogP contribution in [0.4, 0.5) is 0 Å². The van der Waals surface area contributed by atoms with Crippen LogP contribution < -0.4 is 0 Å². The van der Waals surface area contributed by atoms with Crippen molar-refractivity contribution >= 4 is 5.78 Å². The van der Waals surface area contributed by atoms with Gasteiger partial charge in [0.15, 0.2) is 5.78 Å². The molecule has 1 aliphatic carbocycles. The summed E-state index contributed by atoms with van der Waals surface area (Å²) in [6, 6.07) is 19.8. The van der Waals surface area contributed by atoms with Crippen LogP contribution in [0, 0.1) is 12.3 Å². The predicted octanol–water partition coefficient (Wildman–Crippen LogP) is 4.64. The van der Waals surface area contributed by atoms with Gasteiger partial charge in [0, 0.05) is 17.4 Å². The highest BCUT2D eigenvalue weighted by Gasteiger charge is 2.45. The fraction of sp³-hybridized carbons (Fsp3) is 0.250. The first-order valence-corrected chi connectivity index (χ1v) is 10.1. The fourth-order valence-electron chi connectivity index (χ4n) is 4.50. The predicted molar refractivity (Wildman–Crippen MR) is 115 cm³/mol. The molecule has 2 aromatic carbocycles. The number of hydrogen-bond donors (Lipinski definition) is 0. The quantitative estimate of drug-likeness (QED) is 0.505. The van der Waals surface area contributed by atoms with E-state index >= 15 is 0 Å². The van der Waals surface area contributed by atoms with Crippen LogP contribution in [0.5, 0.6) is 0 Å². The van der Waals surface area contributed by atoms with Gasteiger partial charge in [0.05, 0.1) is 28.8 Å². The van der Waals surface area contributed by atoms with Gasteiger partial charge in [-0.1, -0.05) is 67.6 Å². The minimum atomic E-state index is -0.343. The van der Waals surface area contributed by atoms with E-state index in [0.29, 0.717) is 12.0 Å². The Morgan fingerprint density at radius 1 is 1.00 bits per heavy atom. The molecule has 0 aliphatic heterocycles. The smallest absolute Gasteiger partial charge is 0.167 e. The van der Waals surface area contributed by atoms with Crippen molar-refractivity contribution in [3.05, 3.63) is 83.8 Å². The van der Waals surface area contributed by atoms with E-state index < -0.39 is 0 Å². The summed E-state index contributed by atoms with van der Waals surface area (Å²) in [6.45, 7) is 6.13. The first-order valence-electron chi connectivity index (χ1n) is 10.1. The molecule has 0 N–H and O–H groups in total. The van der Waals surface area contributed by atoms with Crippen LogP contribution in [0.1, 0.15) is 48.1 Å². The molecule has 0 bridgehead atoms. The number of hydrogen-bond acceptors (Lipinski definition) is 4. The van der Waals surface area contributed by atoms with E-state index in [0.717, 1.165) is 28.3 Å². The van der Waals surface area contributed by atoms with Gasteiger partial charge >= 0.3 is 0 Å². The number of benzene rings is 2. The van der Waals surface area contributed by atoms with Crippen molar-refractivity contribution in [3.8, 4) is 16.9 Å². The zero-order valence-corrected chi connectivity index (χ0v) is 17.3. The van der Waals surface area contributed by atoms with Crippen LogP contribution in [0.25, 0.3) is 16.9 Å². The van der Waals surface area contributed by atoms with Gasteiger partial charge in [0.25, 0.3) is 0 Å². The lowest BCUT2D eigenvalue weighted by Gasteiger charge is -2.38. The highest BCUT2D eigenvalue weighted by molar-refractivity contribution is 6.00. The Balaban J connectivity index is 1.71. The summed E-state index contributed by atoms with van der Waals surface area (Å²) in [5, 5.41) is 13.7. The van der Waals surface area contributed by atoms with E-state index in [1.54, 1.807) is 0 Å². The van der Waals surface area contributed by atoms with Crippen LogP contribution in [0.2, 0.25) is 0 Å². The van der Waals surface area contributed by atoms with Gasteiger partial charge in [0.1, 0.15) is 11.7 Å². The van der Waals surface area contributed by atoms with Crippen LogP contribution in [-0.4, -0.2) is 30.6 Å². The Morgan fingerprint density at radius 3 is 2.37 bits per heavy atom. The molecule has 5 rings (SSSR count). The maximum Gasteiger partial charge on any atom is 0.167 e. The van der Waals surface area contributed by atoms with E-state index in [4.69, 9.17) is 5.10 Å². The summed E-state index contributed by atoms with van der Waals surface area (Å²) in [6.07, 6.45) is 2.41. The molecule has 2 heterocycles. The normalized spacial score (nSPS) is 17.7. The maximum absolute atomic E-state index is 13.1. The molecule has 0 unspecified atom stereocenters.